The molecule has 0 N–H and O–H groups in total. The molecule has 0 aromatic rings. The highest BCUT2D eigenvalue weighted by Gasteiger charge is 2.12. The summed E-state index contributed by atoms with van der Waals surface area (Å²) < 4.78 is 0. The van der Waals surface area contributed by atoms with Gasteiger partial charge in [0.25, 0.3) is 0 Å². The molecule has 0 aliphatic carbocycles. The lowest BCUT2D eigenvalue weighted by atomic mass is 9.86. The highest BCUT2D eigenvalue weighted by molar-refractivity contribution is 5.35. The quantitative estimate of drug-likeness (QED) is 0.512. The molecule has 0 saturated heterocycles. The Morgan fingerprint density at radius 1 is 1.12 bits per heavy atom. The minimum Gasteiger partial charge on any atom is -0.0988 e. The molecule has 0 aromatic carbocycles. The molecule has 0 bridgehead atoms. The molecule has 1 atom stereocenters. The van der Waals surface area contributed by atoms with E-state index in [0.717, 1.165) is 12.8 Å². The number of hydrogen-bond acceptors (Lipinski definition) is 0. The minimum atomic E-state index is 0.432. The normalized spacial score (nSPS) is 15.2. The lowest BCUT2D eigenvalue weighted by Crippen LogP contribution is -2.04. The van der Waals surface area contributed by atoms with Gasteiger partial charge in [-0.25, -0.2) is 0 Å². The molecular weight excluding hydrogens is 192 g/mol. The molecule has 0 aliphatic rings. The smallest absolute Gasteiger partial charge is 0.00855 e. The van der Waals surface area contributed by atoms with Crippen LogP contribution in [0, 0.1) is 5.92 Å². The first kappa shape index (κ1) is 14.7. The Balaban J connectivity index is 5.14. The van der Waals surface area contributed by atoms with E-state index in [-0.39, 0.29) is 0 Å². The van der Waals surface area contributed by atoms with Crippen LogP contribution in [0.25, 0.3) is 0 Å². The van der Waals surface area contributed by atoms with Crippen LogP contribution in [0.1, 0.15) is 33.6 Å². The van der Waals surface area contributed by atoms with Crippen LogP contribution < -0.4 is 0 Å². The molecule has 0 aliphatic heterocycles. The topological polar surface area (TPSA) is 0 Å². The van der Waals surface area contributed by atoms with Crippen LogP contribution in [-0.4, -0.2) is 0 Å². The summed E-state index contributed by atoms with van der Waals surface area (Å²) in [6.07, 6.45) is 14.6. The van der Waals surface area contributed by atoms with E-state index in [2.05, 4.69) is 45.2 Å². The SMILES string of the molecule is C=C/C(=C\C)C(CCC)/C(C=C)=C/C=C\C. The van der Waals surface area contributed by atoms with Gasteiger partial charge in [0.2, 0.25) is 0 Å². The molecule has 16 heavy (non-hydrogen) atoms. The number of rotatable bonds is 7. The summed E-state index contributed by atoms with van der Waals surface area (Å²) in [6, 6.07) is 0. The van der Waals surface area contributed by atoms with Crippen LogP contribution in [-0.2, 0) is 0 Å². The van der Waals surface area contributed by atoms with Crippen LogP contribution >= 0.6 is 0 Å². The predicted molar refractivity (Wildman–Crippen MR) is 75.4 cm³/mol. The van der Waals surface area contributed by atoms with Gasteiger partial charge < -0.3 is 0 Å². The van der Waals surface area contributed by atoms with E-state index in [9.17, 15) is 0 Å². The Labute approximate surface area is 101 Å². The third-order valence-corrected chi connectivity index (χ3v) is 2.67. The lowest BCUT2D eigenvalue weighted by molar-refractivity contribution is 0.648. The fraction of sp³-hybridized carbons (Fsp3) is 0.375. The van der Waals surface area contributed by atoms with E-state index in [0.29, 0.717) is 5.92 Å². The van der Waals surface area contributed by atoms with Crippen molar-refractivity contribution in [3.63, 3.8) is 0 Å². The van der Waals surface area contributed by atoms with E-state index in [1.807, 2.05) is 25.2 Å². The van der Waals surface area contributed by atoms with Crippen LogP contribution in [0.2, 0.25) is 0 Å². The molecule has 0 heterocycles. The first-order chi connectivity index (χ1) is 7.74. The molecule has 0 heteroatoms. The molecular formula is C16H24. The zero-order valence-electron chi connectivity index (χ0n) is 10.9. The van der Waals surface area contributed by atoms with Crippen molar-refractivity contribution in [2.75, 3.05) is 0 Å². The van der Waals surface area contributed by atoms with Crippen LogP contribution in [0.3, 0.4) is 0 Å². The van der Waals surface area contributed by atoms with Crippen LogP contribution in [0.5, 0.6) is 0 Å². The van der Waals surface area contributed by atoms with Gasteiger partial charge in [-0.15, -0.1) is 0 Å². The minimum absolute atomic E-state index is 0.432. The van der Waals surface area contributed by atoms with Crippen molar-refractivity contribution in [1.82, 2.24) is 0 Å². The molecule has 0 aromatic heterocycles. The molecule has 0 rings (SSSR count). The molecule has 1 unspecified atom stereocenters. The number of allylic oxidation sites excluding steroid dienone is 8. The van der Waals surface area contributed by atoms with Crippen molar-refractivity contribution in [3.8, 4) is 0 Å². The van der Waals surface area contributed by atoms with Gasteiger partial charge in [-0.1, -0.05) is 63.0 Å². The predicted octanol–water partition coefficient (Wildman–Crippen LogP) is 5.22. The van der Waals surface area contributed by atoms with Gasteiger partial charge in [0, 0.05) is 5.92 Å². The van der Waals surface area contributed by atoms with E-state index in [1.165, 1.54) is 11.1 Å². The molecule has 0 spiro atoms. The van der Waals surface area contributed by atoms with Gasteiger partial charge in [-0.2, -0.15) is 0 Å². The maximum Gasteiger partial charge on any atom is 0.00855 e. The average molecular weight is 216 g/mol. The molecule has 0 saturated carbocycles. The standard InChI is InChI=1S/C16H24/c1-6-11-13-15(10-5)16(12-7-2)14(8-3)9-4/h6,8-11,13,16H,3,5,7,12H2,1-2,4H3/b11-6-,14-9+,15-13+. The Hall–Kier alpha value is -1.30. The van der Waals surface area contributed by atoms with Gasteiger partial charge in [0.1, 0.15) is 0 Å². The summed E-state index contributed by atoms with van der Waals surface area (Å²) in [5, 5.41) is 0. The van der Waals surface area contributed by atoms with Crippen molar-refractivity contribution in [3.05, 3.63) is 60.8 Å². The highest BCUT2D eigenvalue weighted by atomic mass is 14.2. The maximum atomic E-state index is 3.90. The van der Waals surface area contributed by atoms with Gasteiger partial charge in [-0.05, 0) is 31.4 Å². The largest absolute Gasteiger partial charge is 0.0988 e. The van der Waals surface area contributed by atoms with Gasteiger partial charge >= 0.3 is 0 Å². The second kappa shape index (κ2) is 8.96. The molecule has 0 fully saturated rings. The second-order valence-corrected chi connectivity index (χ2v) is 3.73. The summed E-state index contributed by atoms with van der Waals surface area (Å²) in [4.78, 5) is 0. The van der Waals surface area contributed by atoms with E-state index in [4.69, 9.17) is 0 Å². The zero-order valence-corrected chi connectivity index (χ0v) is 10.9. The summed E-state index contributed by atoms with van der Waals surface area (Å²) in [7, 11) is 0. The fourth-order valence-electron chi connectivity index (χ4n) is 1.81. The third-order valence-electron chi connectivity index (χ3n) is 2.67. The Kier molecular flexibility index (Phi) is 8.24. The summed E-state index contributed by atoms with van der Waals surface area (Å²) >= 11 is 0. The van der Waals surface area contributed by atoms with E-state index < -0.39 is 0 Å². The van der Waals surface area contributed by atoms with E-state index in [1.54, 1.807) is 0 Å². The van der Waals surface area contributed by atoms with Crippen molar-refractivity contribution in [1.29, 1.82) is 0 Å². The Morgan fingerprint density at radius 2 is 1.75 bits per heavy atom. The molecule has 0 radical (unpaired) electrons. The summed E-state index contributed by atoms with van der Waals surface area (Å²) in [5.74, 6) is 0.432. The van der Waals surface area contributed by atoms with E-state index >= 15 is 0 Å². The fourth-order valence-corrected chi connectivity index (χ4v) is 1.81. The summed E-state index contributed by atoms with van der Waals surface area (Å²) in [5.41, 5.74) is 2.56. The van der Waals surface area contributed by atoms with Crippen molar-refractivity contribution in [2.45, 2.75) is 33.6 Å². The maximum absolute atomic E-state index is 3.90. The van der Waals surface area contributed by atoms with Crippen LogP contribution in [0.15, 0.2) is 60.8 Å². The highest BCUT2D eigenvalue weighted by Crippen LogP contribution is 2.27. The van der Waals surface area contributed by atoms with Gasteiger partial charge in [0.05, 0.1) is 0 Å². The van der Waals surface area contributed by atoms with Crippen molar-refractivity contribution < 1.29 is 0 Å². The Morgan fingerprint density at radius 3 is 2.12 bits per heavy atom. The van der Waals surface area contributed by atoms with Crippen molar-refractivity contribution >= 4 is 0 Å². The lowest BCUT2D eigenvalue weighted by Gasteiger charge is -2.18. The average Bonchev–Trinajstić information content (AvgIpc) is 2.31. The molecule has 0 nitrogen and oxygen atoms in total. The first-order valence-corrected chi connectivity index (χ1v) is 5.99. The summed E-state index contributed by atoms with van der Waals surface area (Å²) in [6.45, 7) is 14.1. The Bertz CT molecular complexity index is 300. The first-order valence-electron chi connectivity index (χ1n) is 5.99. The zero-order chi connectivity index (χ0) is 12.4. The number of hydrogen-bond donors (Lipinski definition) is 0. The van der Waals surface area contributed by atoms with Crippen molar-refractivity contribution in [2.24, 2.45) is 5.92 Å². The molecule has 0 amide bonds. The molecule has 88 valence electrons. The van der Waals surface area contributed by atoms with Gasteiger partial charge in [0.15, 0.2) is 0 Å². The monoisotopic (exact) mass is 216 g/mol. The van der Waals surface area contributed by atoms with Crippen LogP contribution in [0.4, 0.5) is 0 Å². The van der Waals surface area contributed by atoms with Gasteiger partial charge in [-0.3, -0.25) is 0 Å². The third kappa shape index (κ3) is 4.48. The second-order valence-electron chi connectivity index (χ2n) is 3.73.